The van der Waals surface area contributed by atoms with Gasteiger partial charge in [0.1, 0.15) is 0 Å². The van der Waals surface area contributed by atoms with Crippen LogP contribution >= 0.6 is 0 Å². The van der Waals surface area contributed by atoms with E-state index < -0.39 is 0 Å². The number of nitrogen functional groups attached to an aromatic ring is 1. The number of carbonyl (C=O) groups excluding carboxylic acids is 1. The van der Waals surface area contributed by atoms with Crippen LogP contribution in [0, 0.1) is 0 Å². The first-order valence-corrected chi connectivity index (χ1v) is 5.62. The molecule has 0 heterocycles. The second-order valence-electron chi connectivity index (χ2n) is 4.55. The number of benzene rings is 1. The molecule has 88 valence electrons. The van der Waals surface area contributed by atoms with Crippen molar-refractivity contribution < 1.29 is 4.79 Å². The van der Waals surface area contributed by atoms with Gasteiger partial charge in [-0.3, -0.25) is 4.79 Å². The smallest absolute Gasteiger partial charge is 0.220 e. The number of amides is 1. The van der Waals surface area contributed by atoms with Crippen molar-refractivity contribution in [2.75, 3.05) is 5.73 Å². The summed E-state index contributed by atoms with van der Waals surface area (Å²) in [7, 11) is 0. The van der Waals surface area contributed by atoms with E-state index in [0.29, 0.717) is 6.42 Å². The Balaban J connectivity index is 2.76. The first-order valence-electron chi connectivity index (χ1n) is 5.62. The molecule has 1 aromatic rings. The summed E-state index contributed by atoms with van der Waals surface area (Å²) in [4.78, 5) is 11.6. The topological polar surface area (TPSA) is 55.1 Å². The molecule has 3 N–H and O–H groups in total. The van der Waals surface area contributed by atoms with Gasteiger partial charge in [0.25, 0.3) is 0 Å². The van der Waals surface area contributed by atoms with Gasteiger partial charge in [0.2, 0.25) is 5.91 Å². The zero-order valence-electron chi connectivity index (χ0n) is 10.2. The highest BCUT2D eigenvalue weighted by molar-refractivity contribution is 5.76. The molecule has 1 amide bonds. The van der Waals surface area contributed by atoms with Crippen LogP contribution in [0.15, 0.2) is 24.3 Å². The third-order valence-corrected chi connectivity index (χ3v) is 2.56. The molecule has 1 aromatic carbocycles. The fourth-order valence-electron chi connectivity index (χ4n) is 1.61. The lowest BCUT2D eigenvalue weighted by atomic mass is 9.94. The Hall–Kier alpha value is -1.51. The number of hydrogen-bond acceptors (Lipinski definition) is 2. The van der Waals surface area contributed by atoms with Crippen molar-refractivity contribution in [3.63, 3.8) is 0 Å². The van der Waals surface area contributed by atoms with Crippen LogP contribution in [0.25, 0.3) is 0 Å². The first-order chi connectivity index (χ1) is 7.45. The van der Waals surface area contributed by atoms with Crippen LogP contribution in [0.5, 0.6) is 0 Å². The maximum absolute atomic E-state index is 11.6. The largest absolute Gasteiger partial charge is 0.399 e. The van der Waals surface area contributed by atoms with Gasteiger partial charge in [0, 0.05) is 12.1 Å². The fourth-order valence-corrected chi connectivity index (χ4v) is 1.61. The van der Waals surface area contributed by atoms with E-state index in [1.807, 2.05) is 45.0 Å². The lowest BCUT2D eigenvalue weighted by molar-refractivity contribution is -0.122. The van der Waals surface area contributed by atoms with Crippen molar-refractivity contribution in [3.8, 4) is 0 Å². The highest BCUT2D eigenvalue weighted by atomic mass is 16.1. The highest BCUT2D eigenvalue weighted by Gasteiger charge is 2.21. The third-order valence-electron chi connectivity index (χ3n) is 2.56. The summed E-state index contributed by atoms with van der Waals surface area (Å²) in [5.41, 5.74) is 7.08. The second-order valence-corrected chi connectivity index (χ2v) is 4.55. The van der Waals surface area contributed by atoms with E-state index in [1.165, 1.54) is 0 Å². The molecule has 0 atom stereocenters. The monoisotopic (exact) mass is 220 g/mol. The fraction of sp³-hybridized carbons (Fsp3) is 0.462. The summed E-state index contributed by atoms with van der Waals surface area (Å²) >= 11 is 0. The van der Waals surface area contributed by atoms with Crippen LogP contribution in [0.3, 0.4) is 0 Å². The number of carbonyl (C=O) groups is 1. The molecule has 0 bridgehead atoms. The van der Waals surface area contributed by atoms with Crippen LogP contribution in [0.2, 0.25) is 0 Å². The third kappa shape index (κ3) is 3.26. The van der Waals surface area contributed by atoms with Gasteiger partial charge < -0.3 is 11.1 Å². The predicted octanol–water partition coefficient (Wildman–Crippen LogP) is 2.42. The van der Waals surface area contributed by atoms with E-state index in [2.05, 4.69) is 5.32 Å². The van der Waals surface area contributed by atoms with Crippen LogP contribution < -0.4 is 11.1 Å². The number of nitrogens with one attached hydrogen (secondary N) is 1. The number of hydrogen-bond donors (Lipinski definition) is 2. The van der Waals surface area contributed by atoms with Crippen molar-refractivity contribution in [1.82, 2.24) is 5.32 Å². The Kier molecular flexibility index (Phi) is 3.93. The van der Waals surface area contributed by atoms with E-state index in [-0.39, 0.29) is 11.4 Å². The molecule has 3 nitrogen and oxygen atoms in total. The first kappa shape index (κ1) is 12.6. The average molecular weight is 220 g/mol. The summed E-state index contributed by atoms with van der Waals surface area (Å²) in [5, 5.41) is 3.01. The van der Waals surface area contributed by atoms with Gasteiger partial charge in [-0.15, -0.1) is 0 Å². The minimum atomic E-state index is -0.347. The summed E-state index contributed by atoms with van der Waals surface area (Å²) in [6.45, 7) is 5.98. The van der Waals surface area contributed by atoms with Gasteiger partial charge in [-0.1, -0.05) is 19.1 Å². The van der Waals surface area contributed by atoms with Gasteiger partial charge in [-0.25, -0.2) is 0 Å². The summed E-state index contributed by atoms with van der Waals surface area (Å²) in [6, 6.07) is 7.59. The normalized spacial score (nSPS) is 11.2. The van der Waals surface area contributed by atoms with Gasteiger partial charge >= 0.3 is 0 Å². The number of nitrogens with two attached hydrogens (primary N) is 1. The van der Waals surface area contributed by atoms with Crippen molar-refractivity contribution in [1.29, 1.82) is 0 Å². The van der Waals surface area contributed by atoms with Gasteiger partial charge in [-0.05, 0) is 38.0 Å². The van der Waals surface area contributed by atoms with Crippen LogP contribution in [-0.4, -0.2) is 5.91 Å². The van der Waals surface area contributed by atoms with E-state index in [4.69, 9.17) is 5.73 Å². The summed E-state index contributed by atoms with van der Waals surface area (Å²) < 4.78 is 0. The van der Waals surface area contributed by atoms with Crippen molar-refractivity contribution in [2.24, 2.45) is 0 Å². The molecule has 0 radical (unpaired) electrons. The molecule has 16 heavy (non-hydrogen) atoms. The van der Waals surface area contributed by atoms with E-state index in [0.717, 1.165) is 17.7 Å². The summed E-state index contributed by atoms with van der Waals surface area (Å²) in [5.74, 6) is 0.0873. The lowest BCUT2D eigenvalue weighted by Gasteiger charge is -2.27. The molecule has 0 aliphatic carbocycles. The van der Waals surface area contributed by atoms with E-state index in [1.54, 1.807) is 0 Å². The lowest BCUT2D eigenvalue weighted by Crippen LogP contribution is -2.40. The molecule has 0 saturated carbocycles. The van der Waals surface area contributed by atoms with Crippen molar-refractivity contribution in [3.05, 3.63) is 29.8 Å². The molecule has 0 fully saturated rings. The molecule has 0 spiro atoms. The maximum Gasteiger partial charge on any atom is 0.220 e. The minimum absolute atomic E-state index is 0.0873. The van der Waals surface area contributed by atoms with Crippen molar-refractivity contribution in [2.45, 2.75) is 39.2 Å². The van der Waals surface area contributed by atoms with Gasteiger partial charge in [-0.2, -0.15) is 0 Å². The molecule has 0 aliphatic rings. The Labute approximate surface area is 97.0 Å². The quantitative estimate of drug-likeness (QED) is 0.766. The minimum Gasteiger partial charge on any atom is -0.399 e. The Morgan fingerprint density at radius 3 is 2.38 bits per heavy atom. The van der Waals surface area contributed by atoms with Gasteiger partial charge in [0.15, 0.2) is 0 Å². The zero-order valence-corrected chi connectivity index (χ0v) is 10.2. The zero-order chi connectivity index (χ0) is 12.2. The Morgan fingerprint density at radius 2 is 1.88 bits per heavy atom. The molecule has 0 unspecified atom stereocenters. The Bertz CT molecular complexity index is 355. The van der Waals surface area contributed by atoms with Gasteiger partial charge in [0.05, 0.1) is 5.54 Å². The molecule has 0 aromatic heterocycles. The van der Waals surface area contributed by atoms with Crippen LogP contribution in [0.4, 0.5) is 5.69 Å². The summed E-state index contributed by atoms with van der Waals surface area (Å²) in [6.07, 6.45) is 1.43. The number of rotatable bonds is 4. The number of anilines is 1. The molecule has 0 aliphatic heterocycles. The average Bonchev–Trinajstić information content (AvgIpc) is 2.17. The Morgan fingerprint density at radius 1 is 1.31 bits per heavy atom. The molecular weight excluding hydrogens is 200 g/mol. The standard InChI is InChI=1S/C13H20N2O/c1-4-5-12(16)15-13(2,3)10-6-8-11(14)9-7-10/h6-9H,4-5,14H2,1-3H3,(H,15,16). The molecular formula is C13H20N2O. The molecule has 1 rings (SSSR count). The van der Waals surface area contributed by atoms with Crippen molar-refractivity contribution >= 4 is 11.6 Å². The molecule has 3 heteroatoms. The van der Waals surface area contributed by atoms with Crippen LogP contribution in [-0.2, 0) is 10.3 Å². The second kappa shape index (κ2) is 5.01. The predicted molar refractivity (Wildman–Crippen MR) is 66.9 cm³/mol. The SMILES string of the molecule is CCCC(=O)NC(C)(C)c1ccc(N)cc1. The molecule has 0 saturated heterocycles. The van der Waals surface area contributed by atoms with E-state index in [9.17, 15) is 4.79 Å². The highest BCUT2D eigenvalue weighted by Crippen LogP contribution is 2.21. The van der Waals surface area contributed by atoms with Crippen LogP contribution in [0.1, 0.15) is 39.2 Å². The maximum atomic E-state index is 11.6. The van der Waals surface area contributed by atoms with E-state index >= 15 is 0 Å².